The Morgan fingerprint density at radius 3 is 2.34 bits per heavy atom. The summed E-state index contributed by atoms with van der Waals surface area (Å²) in [5.41, 5.74) is 7.17. The van der Waals surface area contributed by atoms with Gasteiger partial charge in [0.25, 0.3) is 0 Å². The fourth-order valence-electron chi connectivity index (χ4n) is 8.59. The first-order chi connectivity index (χ1) is 14.1. The maximum atomic E-state index is 5.99. The molecule has 0 radical (unpaired) electrons. The molecule has 0 N–H and O–H groups in total. The molecule has 4 aliphatic carbocycles. The average Bonchev–Trinajstić information content (AvgIpc) is 3.34. The monoisotopic (exact) mass is 386 g/mol. The molecule has 3 heteroatoms. The zero-order chi connectivity index (χ0) is 19.5. The maximum Gasteiger partial charge on any atom is 0.206 e. The van der Waals surface area contributed by atoms with Crippen LogP contribution in [0.5, 0.6) is 0 Å². The van der Waals surface area contributed by atoms with Crippen molar-refractivity contribution in [3.05, 3.63) is 53.4 Å². The van der Waals surface area contributed by atoms with Crippen LogP contribution in [0.4, 0.5) is 5.69 Å². The van der Waals surface area contributed by atoms with Gasteiger partial charge in [0.2, 0.25) is 5.71 Å². The van der Waals surface area contributed by atoms with Gasteiger partial charge in [-0.25, -0.2) is 0 Å². The third kappa shape index (κ3) is 1.78. The quantitative estimate of drug-likeness (QED) is 0.488. The van der Waals surface area contributed by atoms with Gasteiger partial charge in [-0.15, -0.1) is 0 Å². The number of benzene rings is 1. The average molecular weight is 387 g/mol. The lowest BCUT2D eigenvalue weighted by Crippen LogP contribution is -2.62. The standard InChI is InChI=1S/C26H30N2O/c1-15-6-4-5-7-22(15)28-16(2)24-23(21-8-9-29-25(21)27(24)3)26(28)19-11-17-10-18(13-19)14-20(26)12-17/h4-9,16-20H,10-14H2,1-3H3/t16-,17?,18?,19?,20?,26?/m0/s1. The number of rotatable bonds is 1. The van der Waals surface area contributed by atoms with Crippen molar-refractivity contribution >= 4 is 16.8 Å². The molecule has 1 atom stereocenters. The van der Waals surface area contributed by atoms with E-state index < -0.39 is 0 Å². The summed E-state index contributed by atoms with van der Waals surface area (Å²) in [6, 6.07) is 11.7. The molecule has 29 heavy (non-hydrogen) atoms. The van der Waals surface area contributed by atoms with E-state index in [0.717, 1.165) is 29.4 Å². The molecular weight excluding hydrogens is 356 g/mol. The van der Waals surface area contributed by atoms with Gasteiger partial charge in [-0.1, -0.05) is 18.2 Å². The summed E-state index contributed by atoms with van der Waals surface area (Å²) in [6.45, 7) is 4.73. The molecule has 0 saturated heterocycles. The Kier molecular flexibility index (Phi) is 3.04. The summed E-state index contributed by atoms with van der Waals surface area (Å²) >= 11 is 0. The second kappa shape index (κ2) is 5.30. The minimum absolute atomic E-state index is 0.137. The molecule has 4 saturated carbocycles. The van der Waals surface area contributed by atoms with E-state index in [0.29, 0.717) is 6.04 Å². The van der Waals surface area contributed by atoms with Gasteiger partial charge in [0.15, 0.2) is 0 Å². The van der Waals surface area contributed by atoms with E-state index in [1.807, 2.05) is 6.26 Å². The lowest BCUT2D eigenvalue weighted by atomic mass is 9.47. The molecule has 3 nitrogen and oxygen atoms in total. The summed E-state index contributed by atoms with van der Waals surface area (Å²) in [7, 11) is 2.21. The first-order valence-corrected chi connectivity index (χ1v) is 11.5. The highest BCUT2D eigenvalue weighted by molar-refractivity contribution is 5.86. The van der Waals surface area contributed by atoms with Crippen molar-refractivity contribution in [2.24, 2.45) is 30.7 Å². The molecule has 150 valence electrons. The van der Waals surface area contributed by atoms with Gasteiger partial charge in [0.05, 0.1) is 17.8 Å². The molecule has 1 spiro atoms. The lowest BCUT2D eigenvalue weighted by Gasteiger charge is -2.64. The first kappa shape index (κ1) is 16.6. The van der Waals surface area contributed by atoms with Crippen LogP contribution in [0.2, 0.25) is 0 Å². The molecule has 8 rings (SSSR count). The third-order valence-electron chi connectivity index (χ3n) is 9.18. The lowest BCUT2D eigenvalue weighted by molar-refractivity contribution is -0.0596. The van der Waals surface area contributed by atoms with Crippen LogP contribution >= 0.6 is 0 Å². The predicted molar refractivity (Wildman–Crippen MR) is 116 cm³/mol. The SMILES string of the molecule is Cc1ccccc1N1[C@@H](C)c2c(c3ccoc3n2C)C12C1CC3CC(C1)CC2C3. The summed E-state index contributed by atoms with van der Waals surface area (Å²) in [6.07, 6.45) is 9.04. The molecule has 1 aromatic carbocycles. The molecule has 4 fully saturated rings. The van der Waals surface area contributed by atoms with Gasteiger partial charge in [0.1, 0.15) is 0 Å². The number of aromatic nitrogens is 1. The van der Waals surface area contributed by atoms with Crippen LogP contribution in [0.25, 0.3) is 11.1 Å². The summed E-state index contributed by atoms with van der Waals surface area (Å²) < 4.78 is 8.35. The number of furan rings is 1. The Morgan fingerprint density at radius 1 is 0.966 bits per heavy atom. The van der Waals surface area contributed by atoms with E-state index in [2.05, 4.69) is 60.7 Å². The van der Waals surface area contributed by atoms with Crippen molar-refractivity contribution in [2.45, 2.75) is 57.5 Å². The summed E-state index contributed by atoms with van der Waals surface area (Å²) in [4.78, 5) is 2.88. The van der Waals surface area contributed by atoms with Gasteiger partial charge < -0.3 is 13.9 Å². The minimum atomic E-state index is 0.137. The van der Waals surface area contributed by atoms with Gasteiger partial charge in [-0.3, -0.25) is 0 Å². The smallest absolute Gasteiger partial charge is 0.206 e. The molecule has 3 heterocycles. The van der Waals surface area contributed by atoms with Crippen LogP contribution in [0.1, 0.15) is 61.9 Å². The van der Waals surface area contributed by atoms with Crippen LogP contribution in [0.15, 0.2) is 41.0 Å². The van der Waals surface area contributed by atoms with Crippen molar-refractivity contribution in [3.63, 3.8) is 0 Å². The zero-order valence-corrected chi connectivity index (χ0v) is 17.7. The normalized spacial score (nSPS) is 37.2. The number of aryl methyl sites for hydroxylation is 2. The van der Waals surface area contributed by atoms with E-state index in [-0.39, 0.29) is 5.54 Å². The molecule has 4 bridgehead atoms. The highest BCUT2D eigenvalue weighted by Crippen LogP contribution is 2.70. The van der Waals surface area contributed by atoms with Crippen molar-refractivity contribution < 1.29 is 4.42 Å². The van der Waals surface area contributed by atoms with Crippen LogP contribution in [0, 0.1) is 30.6 Å². The Balaban J connectivity index is 1.57. The van der Waals surface area contributed by atoms with E-state index in [1.54, 1.807) is 5.56 Å². The molecule has 0 unspecified atom stereocenters. The van der Waals surface area contributed by atoms with Crippen molar-refractivity contribution in [1.29, 1.82) is 0 Å². The maximum absolute atomic E-state index is 5.99. The van der Waals surface area contributed by atoms with Crippen molar-refractivity contribution in [1.82, 2.24) is 4.57 Å². The molecule has 3 aromatic rings. The fraction of sp³-hybridized carbons (Fsp3) is 0.538. The highest BCUT2D eigenvalue weighted by Gasteiger charge is 2.66. The van der Waals surface area contributed by atoms with Gasteiger partial charge in [-0.2, -0.15) is 0 Å². The Labute approximate surface area is 172 Å². The third-order valence-corrected chi connectivity index (χ3v) is 9.18. The van der Waals surface area contributed by atoms with Crippen LogP contribution < -0.4 is 4.90 Å². The number of para-hydroxylation sites is 1. The largest absolute Gasteiger partial charge is 0.448 e. The number of hydrogen-bond donors (Lipinski definition) is 0. The van der Waals surface area contributed by atoms with Crippen LogP contribution in [-0.2, 0) is 12.6 Å². The van der Waals surface area contributed by atoms with E-state index in [9.17, 15) is 0 Å². The number of anilines is 1. The number of fused-ring (bicyclic) bond motifs is 3. The van der Waals surface area contributed by atoms with Gasteiger partial charge >= 0.3 is 0 Å². The number of hydrogen-bond acceptors (Lipinski definition) is 2. The van der Waals surface area contributed by atoms with Crippen molar-refractivity contribution in [3.8, 4) is 0 Å². The highest BCUT2D eigenvalue weighted by atomic mass is 16.3. The predicted octanol–water partition coefficient (Wildman–Crippen LogP) is 6.31. The van der Waals surface area contributed by atoms with Gasteiger partial charge in [0, 0.05) is 29.4 Å². The molecule has 5 aliphatic rings. The molecule has 0 amide bonds. The minimum Gasteiger partial charge on any atom is -0.448 e. The fourth-order valence-corrected chi connectivity index (χ4v) is 8.59. The molecule has 1 aliphatic heterocycles. The van der Waals surface area contributed by atoms with E-state index in [4.69, 9.17) is 4.42 Å². The number of nitrogens with zero attached hydrogens (tertiary/aromatic N) is 2. The van der Waals surface area contributed by atoms with Crippen LogP contribution in [-0.4, -0.2) is 4.57 Å². The van der Waals surface area contributed by atoms with Gasteiger partial charge in [-0.05, 0) is 87.3 Å². The molecule has 2 aromatic heterocycles. The Morgan fingerprint density at radius 2 is 1.66 bits per heavy atom. The van der Waals surface area contributed by atoms with E-state index in [1.165, 1.54) is 54.4 Å². The Hall–Kier alpha value is -2.16. The molecular formula is C26H30N2O. The zero-order valence-electron chi connectivity index (χ0n) is 17.7. The van der Waals surface area contributed by atoms with Crippen molar-refractivity contribution in [2.75, 3.05) is 4.90 Å². The second-order valence-electron chi connectivity index (χ2n) is 10.4. The van der Waals surface area contributed by atoms with E-state index >= 15 is 0 Å². The second-order valence-corrected chi connectivity index (χ2v) is 10.4. The van der Waals surface area contributed by atoms with Crippen LogP contribution in [0.3, 0.4) is 0 Å². The summed E-state index contributed by atoms with van der Waals surface area (Å²) in [5.74, 6) is 3.46. The first-order valence-electron chi connectivity index (χ1n) is 11.5. The summed E-state index contributed by atoms with van der Waals surface area (Å²) in [5, 5.41) is 1.37. The topological polar surface area (TPSA) is 21.3 Å². The Bertz CT molecular complexity index is 1110.